The Morgan fingerprint density at radius 3 is 2.33 bits per heavy atom. The minimum absolute atomic E-state index is 0.147. The van der Waals surface area contributed by atoms with Crippen molar-refractivity contribution in [2.45, 2.75) is 6.92 Å². The summed E-state index contributed by atoms with van der Waals surface area (Å²) in [5.41, 5.74) is 1.52. The Kier molecular flexibility index (Phi) is 3.96. The van der Waals surface area contributed by atoms with E-state index in [1.165, 1.54) is 15.9 Å². The quantitative estimate of drug-likeness (QED) is 0.337. The standard InChI is InChI=1S/C23H15N3O4/c1-14(27)30-20-13-7-3-9-16(20)22(29)26-19-12-6-5-11-18(19)25-21(28)15-8-2-4-10-17(15)24-23(25)26/h2-13H,1H3. The number of ether oxygens (including phenoxy) is 1. The molecule has 0 spiro atoms. The van der Waals surface area contributed by atoms with E-state index in [-0.39, 0.29) is 22.6 Å². The number of para-hydroxylation sites is 4. The summed E-state index contributed by atoms with van der Waals surface area (Å²) >= 11 is 0. The first-order valence-electron chi connectivity index (χ1n) is 9.29. The lowest BCUT2D eigenvalue weighted by Gasteiger charge is -2.09. The van der Waals surface area contributed by atoms with Gasteiger partial charge < -0.3 is 4.74 Å². The summed E-state index contributed by atoms with van der Waals surface area (Å²) in [5, 5.41) is 0.464. The van der Waals surface area contributed by atoms with Gasteiger partial charge in [0, 0.05) is 6.92 Å². The fourth-order valence-electron chi connectivity index (χ4n) is 3.65. The van der Waals surface area contributed by atoms with Crippen molar-refractivity contribution in [3.8, 4) is 5.75 Å². The molecule has 0 aliphatic rings. The Bertz CT molecular complexity index is 1550. The number of imidazole rings is 1. The third-order valence-electron chi connectivity index (χ3n) is 4.90. The highest BCUT2D eigenvalue weighted by molar-refractivity contribution is 6.06. The van der Waals surface area contributed by atoms with Gasteiger partial charge in [-0.1, -0.05) is 36.4 Å². The summed E-state index contributed by atoms with van der Waals surface area (Å²) in [6.45, 7) is 1.27. The molecule has 2 aromatic heterocycles. The molecule has 0 unspecified atom stereocenters. The zero-order valence-electron chi connectivity index (χ0n) is 15.9. The predicted molar refractivity (Wildman–Crippen MR) is 112 cm³/mol. The molecule has 146 valence electrons. The molecule has 0 saturated heterocycles. The predicted octanol–water partition coefficient (Wildman–Crippen LogP) is 3.42. The number of carbonyl (C=O) groups excluding carboxylic acids is 2. The highest BCUT2D eigenvalue weighted by Gasteiger charge is 2.23. The van der Waals surface area contributed by atoms with Gasteiger partial charge in [-0.3, -0.25) is 14.4 Å². The van der Waals surface area contributed by atoms with Gasteiger partial charge >= 0.3 is 5.97 Å². The SMILES string of the molecule is CC(=O)Oc1ccccc1C(=O)n1c2ccccc2n2c(=O)c3ccccc3nc12. The summed E-state index contributed by atoms with van der Waals surface area (Å²) in [6.07, 6.45) is 0. The highest BCUT2D eigenvalue weighted by atomic mass is 16.5. The van der Waals surface area contributed by atoms with E-state index in [2.05, 4.69) is 4.98 Å². The van der Waals surface area contributed by atoms with Gasteiger partial charge in [0.15, 0.2) is 0 Å². The summed E-state index contributed by atoms with van der Waals surface area (Å²) in [7, 11) is 0. The van der Waals surface area contributed by atoms with Crippen LogP contribution in [0.1, 0.15) is 17.3 Å². The molecular formula is C23H15N3O4. The average Bonchev–Trinajstić information content (AvgIpc) is 3.08. The van der Waals surface area contributed by atoms with Gasteiger partial charge in [0.05, 0.1) is 27.5 Å². The normalized spacial score (nSPS) is 11.2. The lowest BCUT2D eigenvalue weighted by molar-refractivity contribution is -0.131. The van der Waals surface area contributed by atoms with E-state index in [4.69, 9.17) is 4.74 Å². The molecule has 0 N–H and O–H groups in total. The zero-order valence-corrected chi connectivity index (χ0v) is 15.9. The second-order valence-corrected chi connectivity index (χ2v) is 6.79. The Morgan fingerprint density at radius 2 is 1.53 bits per heavy atom. The van der Waals surface area contributed by atoms with Gasteiger partial charge in [-0.05, 0) is 36.4 Å². The average molecular weight is 397 g/mol. The maximum absolute atomic E-state index is 13.6. The van der Waals surface area contributed by atoms with Crippen molar-refractivity contribution in [1.82, 2.24) is 14.0 Å². The number of aromatic nitrogens is 3. The fraction of sp³-hybridized carbons (Fsp3) is 0.0435. The summed E-state index contributed by atoms with van der Waals surface area (Å²) in [4.78, 5) is 42.9. The molecule has 7 heteroatoms. The van der Waals surface area contributed by atoms with Crippen LogP contribution in [0.25, 0.3) is 27.7 Å². The van der Waals surface area contributed by atoms with Crippen LogP contribution in [-0.4, -0.2) is 25.8 Å². The molecule has 0 atom stereocenters. The molecule has 0 aliphatic heterocycles. The topological polar surface area (TPSA) is 82.7 Å². The number of nitrogens with zero attached hydrogens (tertiary/aromatic N) is 3. The number of esters is 1. The number of rotatable bonds is 2. The summed E-state index contributed by atoms with van der Waals surface area (Å²) < 4.78 is 8.04. The molecule has 2 heterocycles. The van der Waals surface area contributed by atoms with Crippen molar-refractivity contribution in [2.24, 2.45) is 0 Å². The first-order chi connectivity index (χ1) is 14.6. The van der Waals surface area contributed by atoms with Crippen molar-refractivity contribution in [1.29, 1.82) is 0 Å². The van der Waals surface area contributed by atoms with E-state index in [0.717, 1.165) is 0 Å². The van der Waals surface area contributed by atoms with Gasteiger partial charge in [-0.2, -0.15) is 0 Å². The van der Waals surface area contributed by atoms with Gasteiger partial charge in [-0.25, -0.2) is 14.0 Å². The second-order valence-electron chi connectivity index (χ2n) is 6.79. The van der Waals surface area contributed by atoms with Crippen LogP contribution in [0.15, 0.2) is 77.6 Å². The molecule has 0 aliphatic carbocycles. The Morgan fingerprint density at radius 1 is 0.867 bits per heavy atom. The van der Waals surface area contributed by atoms with Crippen LogP contribution in [0, 0.1) is 0 Å². The Balaban J connectivity index is 1.89. The van der Waals surface area contributed by atoms with Crippen molar-refractivity contribution in [3.63, 3.8) is 0 Å². The number of benzene rings is 3. The molecule has 0 saturated carbocycles. The Hall–Kier alpha value is -4.26. The lowest BCUT2D eigenvalue weighted by atomic mass is 10.2. The van der Waals surface area contributed by atoms with Gasteiger partial charge in [-0.15, -0.1) is 0 Å². The monoisotopic (exact) mass is 397 g/mol. The molecule has 7 nitrogen and oxygen atoms in total. The van der Waals surface area contributed by atoms with Crippen LogP contribution >= 0.6 is 0 Å². The largest absolute Gasteiger partial charge is 0.426 e. The summed E-state index contributed by atoms with van der Waals surface area (Å²) in [6, 6.07) is 20.6. The van der Waals surface area contributed by atoms with Gasteiger partial charge in [0.25, 0.3) is 11.5 Å². The van der Waals surface area contributed by atoms with Crippen LogP contribution in [0.2, 0.25) is 0 Å². The first kappa shape index (κ1) is 17.8. The minimum Gasteiger partial charge on any atom is -0.426 e. The molecule has 0 amide bonds. The van der Waals surface area contributed by atoms with E-state index in [0.29, 0.717) is 21.9 Å². The van der Waals surface area contributed by atoms with Crippen LogP contribution in [0.3, 0.4) is 0 Å². The Labute approximate surface area is 169 Å². The zero-order chi connectivity index (χ0) is 20.8. The molecular weight excluding hydrogens is 382 g/mol. The van der Waals surface area contributed by atoms with Crippen LogP contribution < -0.4 is 10.3 Å². The molecule has 3 aromatic carbocycles. The van der Waals surface area contributed by atoms with E-state index >= 15 is 0 Å². The third-order valence-corrected chi connectivity index (χ3v) is 4.90. The second kappa shape index (κ2) is 6.66. The molecule has 0 bridgehead atoms. The number of carbonyl (C=O) groups is 2. The molecule has 5 aromatic rings. The van der Waals surface area contributed by atoms with Crippen molar-refractivity contribution < 1.29 is 14.3 Å². The van der Waals surface area contributed by atoms with Crippen molar-refractivity contribution in [2.75, 3.05) is 0 Å². The smallest absolute Gasteiger partial charge is 0.308 e. The molecule has 30 heavy (non-hydrogen) atoms. The minimum atomic E-state index is -0.530. The van der Waals surface area contributed by atoms with Crippen molar-refractivity contribution >= 4 is 39.6 Å². The molecule has 0 radical (unpaired) electrons. The van der Waals surface area contributed by atoms with Crippen molar-refractivity contribution in [3.05, 3.63) is 88.7 Å². The maximum Gasteiger partial charge on any atom is 0.308 e. The van der Waals surface area contributed by atoms with Crippen LogP contribution in [-0.2, 0) is 4.79 Å². The molecule has 0 fully saturated rings. The highest BCUT2D eigenvalue weighted by Crippen LogP contribution is 2.25. The molecule has 5 rings (SSSR count). The van der Waals surface area contributed by atoms with Crippen LogP contribution in [0.4, 0.5) is 0 Å². The van der Waals surface area contributed by atoms with E-state index in [9.17, 15) is 14.4 Å². The number of hydrogen-bond donors (Lipinski definition) is 0. The van der Waals surface area contributed by atoms with Gasteiger partial charge in [0.1, 0.15) is 5.75 Å². The van der Waals surface area contributed by atoms with E-state index < -0.39 is 11.9 Å². The lowest BCUT2D eigenvalue weighted by Crippen LogP contribution is -2.19. The van der Waals surface area contributed by atoms with E-state index in [1.807, 2.05) is 0 Å². The van der Waals surface area contributed by atoms with Gasteiger partial charge in [0.2, 0.25) is 5.78 Å². The maximum atomic E-state index is 13.6. The first-order valence-corrected chi connectivity index (χ1v) is 9.29. The number of hydrogen-bond acceptors (Lipinski definition) is 5. The third kappa shape index (κ3) is 2.60. The van der Waals surface area contributed by atoms with Crippen LogP contribution in [0.5, 0.6) is 5.75 Å². The number of fused-ring (bicyclic) bond motifs is 4. The van der Waals surface area contributed by atoms with E-state index in [1.54, 1.807) is 72.8 Å². The fourth-order valence-corrected chi connectivity index (χ4v) is 3.65. The summed E-state index contributed by atoms with van der Waals surface area (Å²) in [5.74, 6) is -0.637.